The van der Waals surface area contributed by atoms with E-state index in [0.29, 0.717) is 27.1 Å². The van der Waals surface area contributed by atoms with Crippen molar-refractivity contribution in [2.24, 2.45) is 0 Å². The maximum Gasteiger partial charge on any atom is 0.335 e. The van der Waals surface area contributed by atoms with Crippen molar-refractivity contribution in [3.05, 3.63) is 76.0 Å². The molecule has 1 saturated heterocycles. The zero-order valence-electron chi connectivity index (χ0n) is 16.0. The topological polar surface area (TPSA) is 88.8 Å². The number of urea groups is 1. The molecule has 31 heavy (non-hydrogen) atoms. The monoisotopic (exact) mass is 456 g/mol. The number of carbonyl (C=O) groups excluding carboxylic acids is 3. The lowest BCUT2D eigenvalue weighted by Crippen LogP contribution is -2.54. The highest BCUT2D eigenvalue weighted by molar-refractivity contribution is 6.39. The number of ether oxygens (including phenoxy) is 1. The van der Waals surface area contributed by atoms with Gasteiger partial charge in [0.15, 0.2) is 0 Å². The van der Waals surface area contributed by atoms with Crippen LogP contribution in [0.4, 0.5) is 10.5 Å². The summed E-state index contributed by atoms with van der Waals surface area (Å²) in [6, 6.07) is 13.6. The predicted octanol–water partition coefficient (Wildman–Crippen LogP) is 4.93. The van der Waals surface area contributed by atoms with Crippen LogP contribution < -0.4 is 15.0 Å². The molecule has 3 aromatic rings. The number of barbiturate groups is 1. The molecule has 0 spiro atoms. The van der Waals surface area contributed by atoms with E-state index in [4.69, 9.17) is 32.4 Å². The Labute approximate surface area is 186 Å². The first kappa shape index (κ1) is 20.7. The third-order valence-corrected chi connectivity index (χ3v) is 5.09. The Hall–Kier alpha value is -3.55. The molecule has 156 valence electrons. The van der Waals surface area contributed by atoms with Gasteiger partial charge in [0.2, 0.25) is 0 Å². The van der Waals surface area contributed by atoms with Crippen molar-refractivity contribution in [2.75, 3.05) is 12.0 Å². The van der Waals surface area contributed by atoms with Crippen molar-refractivity contribution in [1.29, 1.82) is 0 Å². The normalized spacial score (nSPS) is 15.4. The zero-order valence-corrected chi connectivity index (χ0v) is 17.5. The number of anilines is 1. The molecule has 0 aliphatic carbocycles. The molecule has 7 nitrogen and oxygen atoms in total. The van der Waals surface area contributed by atoms with Crippen LogP contribution in [0.5, 0.6) is 5.75 Å². The van der Waals surface area contributed by atoms with Crippen LogP contribution in [-0.4, -0.2) is 25.0 Å². The molecule has 0 radical (unpaired) electrons. The Balaban J connectivity index is 1.66. The number of hydrogen-bond donors (Lipinski definition) is 1. The summed E-state index contributed by atoms with van der Waals surface area (Å²) in [6.45, 7) is 0. The van der Waals surface area contributed by atoms with E-state index in [2.05, 4.69) is 5.32 Å². The van der Waals surface area contributed by atoms with Gasteiger partial charge in [-0.05, 0) is 60.7 Å². The Morgan fingerprint density at radius 2 is 1.74 bits per heavy atom. The molecule has 0 saturated carbocycles. The van der Waals surface area contributed by atoms with Crippen molar-refractivity contribution in [3.63, 3.8) is 0 Å². The molecule has 4 amide bonds. The van der Waals surface area contributed by atoms with E-state index in [9.17, 15) is 14.4 Å². The molecule has 4 rings (SSSR count). The van der Waals surface area contributed by atoms with Crippen molar-refractivity contribution < 1.29 is 23.5 Å². The summed E-state index contributed by atoms with van der Waals surface area (Å²) in [5.74, 6) is -0.364. The molecule has 1 aliphatic rings. The fraction of sp³-hybridized carbons (Fsp3) is 0.0455. The van der Waals surface area contributed by atoms with Gasteiger partial charge < -0.3 is 9.15 Å². The number of amides is 4. The second-order valence-electron chi connectivity index (χ2n) is 6.48. The highest BCUT2D eigenvalue weighted by atomic mass is 35.5. The maximum atomic E-state index is 12.9. The summed E-state index contributed by atoms with van der Waals surface area (Å²) < 4.78 is 10.8. The van der Waals surface area contributed by atoms with Crippen LogP contribution in [0, 0.1) is 0 Å². The number of halogens is 2. The smallest absolute Gasteiger partial charge is 0.335 e. The van der Waals surface area contributed by atoms with Crippen LogP contribution in [-0.2, 0) is 9.59 Å². The number of imide groups is 2. The molecular formula is C22H14Cl2N2O5. The Morgan fingerprint density at radius 3 is 2.42 bits per heavy atom. The number of hydrogen-bond acceptors (Lipinski definition) is 5. The lowest BCUT2D eigenvalue weighted by molar-refractivity contribution is -0.122. The molecule has 0 bridgehead atoms. The van der Waals surface area contributed by atoms with Crippen LogP contribution in [0.25, 0.3) is 17.4 Å². The van der Waals surface area contributed by atoms with Gasteiger partial charge >= 0.3 is 6.03 Å². The summed E-state index contributed by atoms with van der Waals surface area (Å²) >= 11 is 12.1. The zero-order chi connectivity index (χ0) is 22.1. The van der Waals surface area contributed by atoms with E-state index < -0.39 is 17.8 Å². The molecular weight excluding hydrogens is 443 g/mol. The van der Waals surface area contributed by atoms with Crippen LogP contribution in [0.2, 0.25) is 10.0 Å². The minimum Gasteiger partial charge on any atom is -0.497 e. The highest BCUT2D eigenvalue weighted by Crippen LogP contribution is 2.32. The lowest BCUT2D eigenvalue weighted by atomic mass is 10.1. The van der Waals surface area contributed by atoms with Crippen molar-refractivity contribution in [1.82, 2.24) is 5.32 Å². The summed E-state index contributed by atoms with van der Waals surface area (Å²) in [5, 5.41) is 3.04. The summed E-state index contributed by atoms with van der Waals surface area (Å²) in [4.78, 5) is 38.4. The molecule has 1 N–H and O–H groups in total. The SMILES string of the molecule is COc1ccc(N2C(=O)NC(=O)/C(=C/c3ccc(-c4ccc(Cl)cc4Cl)o3)C2=O)cc1. The van der Waals surface area contributed by atoms with E-state index in [-0.39, 0.29) is 17.0 Å². The van der Waals surface area contributed by atoms with Crippen LogP contribution in [0.15, 0.2) is 64.6 Å². The number of furan rings is 1. The van der Waals surface area contributed by atoms with Gasteiger partial charge in [0.05, 0.1) is 17.8 Å². The summed E-state index contributed by atoms with van der Waals surface area (Å²) in [6.07, 6.45) is 1.27. The third kappa shape index (κ3) is 4.05. The quantitative estimate of drug-likeness (QED) is 0.444. The predicted molar refractivity (Wildman–Crippen MR) is 116 cm³/mol. The van der Waals surface area contributed by atoms with Crippen molar-refractivity contribution >= 4 is 52.8 Å². The molecule has 0 atom stereocenters. The van der Waals surface area contributed by atoms with Gasteiger partial charge in [-0.1, -0.05) is 23.2 Å². The van der Waals surface area contributed by atoms with E-state index in [1.807, 2.05) is 0 Å². The van der Waals surface area contributed by atoms with E-state index in [0.717, 1.165) is 4.90 Å². The fourth-order valence-corrected chi connectivity index (χ4v) is 3.53. The summed E-state index contributed by atoms with van der Waals surface area (Å²) in [5.41, 5.74) is 0.637. The molecule has 9 heteroatoms. The molecule has 1 fully saturated rings. The first-order valence-electron chi connectivity index (χ1n) is 8.98. The Morgan fingerprint density at radius 1 is 1.00 bits per heavy atom. The number of carbonyl (C=O) groups is 3. The second kappa shape index (κ2) is 8.29. The van der Waals surface area contributed by atoms with Gasteiger partial charge in [0, 0.05) is 10.6 Å². The van der Waals surface area contributed by atoms with Gasteiger partial charge in [-0.25, -0.2) is 9.69 Å². The lowest BCUT2D eigenvalue weighted by Gasteiger charge is -2.26. The van der Waals surface area contributed by atoms with E-state index >= 15 is 0 Å². The molecule has 1 aliphatic heterocycles. The average Bonchev–Trinajstić information content (AvgIpc) is 3.20. The average molecular weight is 457 g/mol. The fourth-order valence-electron chi connectivity index (χ4n) is 3.03. The van der Waals surface area contributed by atoms with E-state index in [1.54, 1.807) is 42.5 Å². The van der Waals surface area contributed by atoms with Crippen LogP contribution in [0.1, 0.15) is 5.76 Å². The minimum absolute atomic E-state index is 0.239. The molecule has 0 unspecified atom stereocenters. The molecule has 1 aromatic heterocycles. The number of benzene rings is 2. The first-order valence-corrected chi connectivity index (χ1v) is 9.74. The molecule has 2 heterocycles. The van der Waals surface area contributed by atoms with Crippen molar-refractivity contribution in [2.45, 2.75) is 0 Å². The highest BCUT2D eigenvalue weighted by Gasteiger charge is 2.37. The number of nitrogens with zero attached hydrogens (tertiary/aromatic N) is 1. The molecule has 2 aromatic carbocycles. The number of nitrogens with one attached hydrogen (secondary N) is 1. The van der Waals surface area contributed by atoms with Gasteiger partial charge in [0.1, 0.15) is 22.8 Å². The van der Waals surface area contributed by atoms with Gasteiger partial charge in [-0.15, -0.1) is 0 Å². The second-order valence-corrected chi connectivity index (χ2v) is 7.33. The Kier molecular flexibility index (Phi) is 5.54. The number of methoxy groups -OCH3 is 1. The first-order chi connectivity index (χ1) is 14.9. The maximum absolute atomic E-state index is 12.9. The van der Waals surface area contributed by atoms with Gasteiger partial charge in [-0.3, -0.25) is 14.9 Å². The van der Waals surface area contributed by atoms with Crippen molar-refractivity contribution in [3.8, 4) is 17.1 Å². The standard InChI is InChI=1S/C22H14Cl2N2O5/c1-30-14-5-3-13(4-6-14)26-21(28)17(20(27)25-22(26)29)11-15-7-9-19(31-15)16-8-2-12(23)10-18(16)24/h2-11H,1H3,(H,25,27,29)/b17-11-. The number of rotatable bonds is 4. The minimum atomic E-state index is -0.842. The summed E-state index contributed by atoms with van der Waals surface area (Å²) in [7, 11) is 1.50. The Bertz CT molecular complexity index is 1230. The van der Waals surface area contributed by atoms with E-state index in [1.165, 1.54) is 25.3 Å². The van der Waals surface area contributed by atoms with Crippen LogP contribution in [0.3, 0.4) is 0 Å². The largest absolute Gasteiger partial charge is 0.497 e. The van der Waals surface area contributed by atoms with Crippen LogP contribution >= 0.6 is 23.2 Å². The van der Waals surface area contributed by atoms with Gasteiger partial charge in [0.25, 0.3) is 11.8 Å². The van der Waals surface area contributed by atoms with Gasteiger partial charge in [-0.2, -0.15) is 0 Å². The third-order valence-electron chi connectivity index (χ3n) is 4.54.